The Morgan fingerprint density at radius 3 is 2.94 bits per heavy atom. The van der Waals surface area contributed by atoms with Gasteiger partial charge in [0.25, 0.3) is 5.91 Å². The maximum Gasteiger partial charge on any atom is 0.293 e. The monoisotopic (exact) mass is 238 g/mol. The molecule has 84 valence electrons. The fourth-order valence-electron chi connectivity index (χ4n) is 1.12. The van der Waals surface area contributed by atoms with Crippen molar-refractivity contribution in [1.82, 2.24) is 10.2 Å². The minimum absolute atomic E-state index is 0.216. The smallest absolute Gasteiger partial charge is 0.293 e. The van der Waals surface area contributed by atoms with Crippen molar-refractivity contribution >= 4 is 22.4 Å². The highest BCUT2D eigenvalue weighted by molar-refractivity contribution is 7.15. The summed E-state index contributed by atoms with van der Waals surface area (Å²) in [6.07, 6.45) is 0. The van der Waals surface area contributed by atoms with Gasteiger partial charge in [0.2, 0.25) is 5.13 Å². The van der Waals surface area contributed by atoms with E-state index in [1.165, 1.54) is 11.3 Å². The average molecular weight is 238 g/mol. The standard InChI is InChI=1S/C9H10N4O2S/c1-5-12-13-9(16-5)11-8(14)7-3-2-6(4-10)15-7/h2-3H,4,10H2,1H3,(H,11,13,14). The van der Waals surface area contributed by atoms with E-state index in [4.69, 9.17) is 10.2 Å². The number of nitrogens with two attached hydrogens (primary N) is 1. The molecule has 0 saturated carbocycles. The molecule has 0 radical (unpaired) electrons. The van der Waals surface area contributed by atoms with Crippen LogP contribution < -0.4 is 11.1 Å². The Morgan fingerprint density at radius 2 is 2.38 bits per heavy atom. The van der Waals surface area contributed by atoms with Crippen molar-refractivity contribution in [3.05, 3.63) is 28.7 Å². The first-order chi connectivity index (χ1) is 7.69. The van der Waals surface area contributed by atoms with Crippen molar-refractivity contribution in [1.29, 1.82) is 0 Å². The Morgan fingerprint density at radius 1 is 1.56 bits per heavy atom. The molecule has 2 aromatic rings. The van der Waals surface area contributed by atoms with Gasteiger partial charge in [0.05, 0.1) is 6.54 Å². The Kier molecular flexibility index (Phi) is 2.97. The Labute approximate surface area is 95.5 Å². The molecule has 2 rings (SSSR count). The number of rotatable bonds is 3. The normalized spacial score (nSPS) is 10.4. The summed E-state index contributed by atoms with van der Waals surface area (Å²) in [4.78, 5) is 11.6. The molecule has 7 heteroatoms. The fourth-order valence-corrected chi connectivity index (χ4v) is 1.70. The van der Waals surface area contributed by atoms with Gasteiger partial charge in [-0.05, 0) is 19.1 Å². The first-order valence-electron chi connectivity index (χ1n) is 4.59. The second-order valence-electron chi connectivity index (χ2n) is 3.05. The molecular weight excluding hydrogens is 228 g/mol. The molecule has 0 spiro atoms. The molecule has 0 aliphatic rings. The van der Waals surface area contributed by atoms with Crippen molar-refractivity contribution in [2.24, 2.45) is 5.73 Å². The number of aromatic nitrogens is 2. The third kappa shape index (κ3) is 2.26. The molecule has 16 heavy (non-hydrogen) atoms. The zero-order chi connectivity index (χ0) is 11.5. The SMILES string of the molecule is Cc1nnc(NC(=O)c2ccc(CN)o2)s1. The van der Waals surface area contributed by atoms with Gasteiger partial charge in [0.15, 0.2) is 5.76 Å². The zero-order valence-corrected chi connectivity index (χ0v) is 9.37. The molecule has 6 nitrogen and oxygen atoms in total. The number of anilines is 1. The molecule has 0 bridgehead atoms. The lowest BCUT2D eigenvalue weighted by Crippen LogP contribution is -2.10. The van der Waals surface area contributed by atoms with Crippen LogP contribution in [-0.4, -0.2) is 16.1 Å². The van der Waals surface area contributed by atoms with Gasteiger partial charge in [-0.1, -0.05) is 11.3 Å². The molecule has 0 aliphatic heterocycles. The summed E-state index contributed by atoms with van der Waals surface area (Å²) in [7, 11) is 0. The van der Waals surface area contributed by atoms with Crippen LogP contribution in [0.4, 0.5) is 5.13 Å². The number of amides is 1. The number of carbonyl (C=O) groups excluding carboxylic acids is 1. The number of aryl methyl sites for hydroxylation is 1. The average Bonchev–Trinajstić information content (AvgIpc) is 2.87. The highest BCUT2D eigenvalue weighted by atomic mass is 32.1. The quantitative estimate of drug-likeness (QED) is 0.836. The van der Waals surface area contributed by atoms with Crippen molar-refractivity contribution in [3.8, 4) is 0 Å². The first kappa shape index (κ1) is 10.8. The Bertz CT molecular complexity index is 505. The first-order valence-corrected chi connectivity index (χ1v) is 5.41. The summed E-state index contributed by atoms with van der Waals surface area (Å²) < 4.78 is 5.19. The predicted molar refractivity (Wildman–Crippen MR) is 59.2 cm³/mol. The summed E-state index contributed by atoms with van der Waals surface area (Å²) in [5.41, 5.74) is 5.37. The van der Waals surface area contributed by atoms with E-state index in [9.17, 15) is 4.79 Å². The van der Waals surface area contributed by atoms with Gasteiger partial charge < -0.3 is 10.2 Å². The predicted octanol–water partition coefficient (Wildman–Crippen LogP) is 1.15. The molecule has 0 aliphatic carbocycles. The molecule has 0 aromatic carbocycles. The molecule has 0 saturated heterocycles. The van der Waals surface area contributed by atoms with Gasteiger partial charge in [0, 0.05) is 0 Å². The maximum absolute atomic E-state index is 11.6. The third-order valence-corrected chi connectivity index (χ3v) is 2.59. The van der Waals surface area contributed by atoms with Crippen LogP contribution in [0.3, 0.4) is 0 Å². The van der Waals surface area contributed by atoms with E-state index >= 15 is 0 Å². The van der Waals surface area contributed by atoms with Crippen molar-refractivity contribution in [2.75, 3.05) is 5.32 Å². The molecule has 0 unspecified atom stereocenters. The van der Waals surface area contributed by atoms with Gasteiger partial charge >= 0.3 is 0 Å². The van der Waals surface area contributed by atoms with Gasteiger partial charge in [-0.2, -0.15) is 0 Å². The van der Waals surface area contributed by atoms with Gasteiger partial charge in [-0.3, -0.25) is 10.1 Å². The van der Waals surface area contributed by atoms with E-state index in [1.807, 2.05) is 6.92 Å². The number of hydrogen-bond donors (Lipinski definition) is 2. The van der Waals surface area contributed by atoms with E-state index in [1.54, 1.807) is 12.1 Å². The van der Waals surface area contributed by atoms with Crippen LogP contribution in [0.15, 0.2) is 16.5 Å². The molecule has 2 aromatic heterocycles. The van der Waals surface area contributed by atoms with Gasteiger partial charge in [0.1, 0.15) is 10.8 Å². The molecule has 0 fully saturated rings. The summed E-state index contributed by atoms with van der Waals surface area (Å²) in [6.45, 7) is 2.08. The number of carbonyl (C=O) groups is 1. The van der Waals surface area contributed by atoms with Gasteiger partial charge in [-0.15, -0.1) is 10.2 Å². The topological polar surface area (TPSA) is 94.0 Å². The van der Waals surface area contributed by atoms with Crippen molar-refractivity contribution in [3.63, 3.8) is 0 Å². The number of nitrogens with zero attached hydrogens (tertiary/aromatic N) is 2. The molecular formula is C9H10N4O2S. The van der Waals surface area contributed by atoms with Crippen LogP contribution in [0.2, 0.25) is 0 Å². The molecule has 2 heterocycles. The van der Waals surface area contributed by atoms with Crippen LogP contribution in [0.1, 0.15) is 21.3 Å². The van der Waals surface area contributed by atoms with E-state index in [-0.39, 0.29) is 18.2 Å². The summed E-state index contributed by atoms with van der Waals surface area (Å²) in [6, 6.07) is 3.24. The maximum atomic E-state index is 11.6. The summed E-state index contributed by atoms with van der Waals surface area (Å²) in [5.74, 6) is 0.433. The minimum Gasteiger partial charge on any atom is -0.455 e. The van der Waals surface area contributed by atoms with Crippen molar-refractivity contribution in [2.45, 2.75) is 13.5 Å². The van der Waals surface area contributed by atoms with Crippen LogP contribution in [0.25, 0.3) is 0 Å². The minimum atomic E-state index is -0.351. The van der Waals surface area contributed by atoms with E-state index in [0.717, 1.165) is 5.01 Å². The second kappa shape index (κ2) is 4.42. The van der Waals surface area contributed by atoms with Crippen LogP contribution in [-0.2, 0) is 6.54 Å². The number of hydrogen-bond acceptors (Lipinski definition) is 6. The second-order valence-corrected chi connectivity index (χ2v) is 4.23. The van der Waals surface area contributed by atoms with E-state index < -0.39 is 0 Å². The zero-order valence-electron chi connectivity index (χ0n) is 8.56. The largest absolute Gasteiger partial charge is 0.455 e. The van der Waals surface area contributed by atoms with Crippen LogP contribution in [0.5, 0.6) is 0 Å². The van der Waals surface area contributed by atoms with Crippen LogP contribution >= 0.6 is 11.3 Å². The van der Waals surface area contributed by atoms with Crippen LogP contribution in [0, 0.1) is 6.92 Å². The van der Waals surface area contributed by atoms with Gasteiger partial charge in [-0.25, -0.2) is 0 Å². The highest BCUT2D eigenvalue weighted by Gasteiger charge is 2.12. The Balaban J connectivity index is 2.08. The molecule has 1 amide bonds. The van der Waals surface area contributed by atoms with E-state index in [0.29, 0.717) is 10.9 Å². The Hall–Kier alpha value is -1.73. The lowest BCUT2D eigenvalue weighted by Gasteiger charge is -1.96. The third-order valence-electron chi connectivity index (χ3n) is 1.83. The lowest BCUT2D eigenvalue weighted by atomic mass is 10.4. The fraction of sp³-hybridized carbons (Fsp3) is 0.222. The summed E-state index contributed by atoms with van der Waals surface area (Å²) >= 11 is 1.30. The number of furan rings is 1. The molecule has 0 atom stereocenters. The van der Waals surface area contributed by atoms with E-state index in [2.05, 4.69) is 15.5 Å². The number of nitrogens with one attached hydrogen (secondary N) is 1. The van der Waals surface area contributed by atoms with Crippen molar-refractivity contribution < 1.29 is 9.21 Å². The highest BCUT2D eigenvalue weighted by Crippen LogP contribution is 2.15. The lowest BCUT2D eigenvalue weighted by molar-refractivity contribution is 0.0995. The summed E-state index contributed by atoms with van der Waals surface area (Å²) in [5, 5.41) is 11.4. The molecule has 3 N–H and O–H groups in total.